The van der Waals surface area contributed by atoms with Crippen molar-refractivity contribution < 1.29 is 42.5 Å². The Labute approximate surface area is 103 Å². The van der Waals surface area contributed by atoms with Gasteiger partial charge in [-0.25, -0.2) is 0 Å². The van der Waals surface area contributed by atoms with E-state index in [1.165, 1.54) is 0 Å². The van der Waals surface area contributed by atoms with E-state index in [2.05, 4.69) is 0 Å². The third-order valence-electron chi connectivity index (χ3n) is 0. The quantitative estimate of drug-likeness (QED) is 0.538. The first-order valence-corrected chi connectivity index (χ1v) is 4.24. The fourth-order valence-corrected chi connectivity index (χ4v) is 0. The SMILES string of the molecule is CC(C)O.CC(C)O.CC(C)O.O.[Ti]. The van der Waals surface area contributed by atoms with Crippen LogP contribution in [0.15, 0.2) is 0 Å². The molecule has 0 unspecified atom stereocenters. The smallest absolute Gasteiger partial charge is 0.0483 e. The van der Waals surface area contributed by atoms with Gasteiger partial charge >= 0.3 is 0 Å². The van der Waals surface area contributed by atoms with Gasteiger partial charge in [-0.05, 0) is 41.5 Å². The van der Waals surface area contributed by atoms with Crippen molar-refractivity contribution in [3.05, 3.63) is 0 Å². The van der Waals surface area contributed by atoms with Gasteiger partial charge in [0.25, 0.3) is 0 Å². The predicted octanol–water partition coefficient (Wildman–Crippen LogP) is 0.334. The van der Waals surface area contributed by atoms with Crippen LogP contribution in [0.2, 0.25) is 0 Å². The summed E-state index contributed by atoms with van der Waals surface area (Å²) in [6, 6.07) is 0. The Morgan fingerprint density at radius 3 is 0.571 bits per heavy atom. The zero-order valence-electron chi connectivity index (χ0n) is 10.1. The van der Waals surface area contributed by atoms with Crippen molar-refractivity contribution in [2.24, 2.45) is 0 Å². The van der Waals surface area contributed by atoms with Crippen LogP contribution in [0.25, 0.3) is 0 Å². The minimum Gasteiger partial charge on any atom is -0.412 e. The van der Waals surface area contributed by atoms with E-state index in [0.29, 0.717) is 0 Å². The molecule has 90 valence electrons. The summed E-state index contributed by atoms with van der Waals surface area (Å²) in [6.07, 6.45) is -0.500. The van der Waals surface area contributed by atoms with Crippen LogP contribution in [0.1, 0.15) is 41.5 Å². The van der Waals surface area contributed by atoms with E-state index in [-0.39, 0.29) is 45.5 Å². The van der Waals surface area contributed by atoms with Gasteiger partial charge in [0.15, 0.2) is 0 Å². The molecule has 14 heavy (non-hydrogen) atoms. The van der Waals surface area contributed by atoms with Gasteiger partial charge in [-0.1, -0.05) is 0 Å². The van der Waals surface area contributed by atoms with Gasteiger partial charge in [0, 0.05) is 40.0 Å². The molecule has 0 amide bonds. The molecule has 0 spiro atoms. The second-order valence-electron chi connectivity index (χ2n) is 3.28. The summed E-state index contributed by atoms with van der Waals surface area (Å²) >= 11 is 0. The molecule has 0 fully saturated rings. The molecule has 0 atom stereocenters. The van der Waals surface area contributed by atoms with Gasteiger partial charge < -0.3 is 20.8 Å². The van der Waals surface area contributed by atoms with E-state index in [1.807, 2.05) is 0 Å². The molecule has 0 aromatic heterocycles. The van der Waals surface area contributed by atoms with Crippen LogP contribution < -0.4 is 0 Å². The first kappa shape index (κ1) is 29.3. The molecule has 0 saturated carbocycles. The van der Waals surface area contributed by atoms with E-state index in [9.17, 15) is 0 Å². The Bertz CT molecular complexity index is 45.3. The summed E-state index contributed by atoms with van der Waals surface area (Å²) in [6.45, 7) is 10.3. The number of hydrogen-bond donors (Lipinski definition) is 3. The van der Waals surface area contributed by atoms with E-state index in [0.717, 1.165) is 0 Å². The molecule has 0 radical (unpaired) electrons. The van der Waals surface area contributed by atoms with Crippen LogP contribution in [0.3, 0.4) is 0 Å². The summed E-state index contributed by atoms with van der Waals surface area (Å²) in [5, 5.41) is 24.2. The second-order valence-corrected chi connectivity index (χ2v) is 3.28. The first-order valence-electron chi connectivity index (χ1n) is 4.24. The Balaban J connectivity index is -0.0000000270. The summed E-state index contributed by atoms with van der Waals surface area (Å²) < 4.78 is 0. The Morgan fingerprint density at radius 2 is 0.571 bits per heavy atom. The molecule has 0 rings (SSSR count). The van der Waals surface area contributed by atoms with Crippen molar-refractivity contribution in [3.63, 3.8) is 0 Å². The zero-order chi connectivity index (χ0) is 10.7. The summed E-state index contributed by atoms with van der Waals surface area (Å²) in [5.74, 6) is 0. The van der Waals surface area contributed by atoms with Crippen molar-refractivity contribution in [1.82, 2.24) is 0 Å². The Hall–Kier alpha value is 0.554. The van der Waals surface area contributed by atoms with Crippen LogP contribution in [-0.4, -0.2) is 39.1 Å². The van der Waals surface area contributed by atoms with Crippen molar-refractivity contribution in [3.8, 4) is 0 Å². The van der Waals surface area contributed by atoms with E-state index in [1.54, 1.807) is 41.5 Å². The molecular weight excluding hydrogens is 220 g/mol. The third-order valence-corrected chi connectivity index (χ3v) is 0. The van der Waals surface area contributed by atoms with Crippen LogP contribution >= 0.6 is 0 Å². The molecule has 0 aromatic rings. The Kier molecular flexibility index (Phi) is 49.0. The van der Waals surface area contributed by atoms with Gasteiger partial charge in [0.05, 0.1) is 0 Å². The van der Waals surface area contributed by atoms with Crippen molar-refractivity contribution >= 4 is 0 Å². The fraction of sp³-hybridized carbons (Fsp3) is 1.00. The van der Waals surface area contributed by atoms with E-state index >= 15 is 0 Å². The summed E-state index contributed by atoms with van der Waals surface area (Å²) in [5.41, 5.74) is 0. The second kappa shape index (κ2) is 23.4. The fourth-order valence-electron chi connectivity index (χ4n) is 0. The maximum Gasteiger partial charge on any atom is 0.0483 e. The Morgan fingerprint density at radius 1 is 0.571 bits per heavy atom. The molecule has 0 aliphatic heterocycles. The summed E-state index contributed by atoms with van der Waals surface area (Å²) in [4.78, 5) is 0. The molecule has 0 bridgehead atoms. The average molecular weight is 246 g/mol. The molecule has 5 heteroatoms. The normalized spacial score (nSPS) is 7.71. The van der Waals surface area contributed by atoms with Crippen LogP contribution in [0.4, 0.5) is 0 Å². The number of aliphatic hydroxyl groups excluding tert-OH is 3. The number of hydrogen-bond acceptors (Lipinski definition) is 3. The predicted molar refractivity (Wildman–Crippen MR) is 55.7 cm³/mol. The van der Waals surface area contributed by atoms with Crippen LogP contribution in [0, 0.1) is 0 Å². The van der Waals surface area contributed by atoms with E-state index < -0.39 is 0 Å². The molecular formula is C9H26O4Ti. The molecule has 5 N–H and O–H groups in total. The van der Waals surface area contributed by atoms with Gasteiger partial charge in [-0.2, -0.15) is 0 Å². The monoisotopic (exact) mass is 246 g/mol. The largest absolute Gasteiger partial charge is 0.412 e. The van der Waals surface area contributed by atoms with Crippen LogP contribution in [-0.2, 0) is 21.7 Å². The summed E-state index contributed by atoms with van der Waals surface area (Å²) in [7, 11) is 0. The topological polar surface area (TPSA) is 92.2 Å². The molecule has 0 aliphatic rings. The minimum absolute atomic E-state index is 0. The minimum atomic E-state index is -0.167. The maximum absolute atomic E-state index is 8.06. The standard InChI is InChI=1S/3C3H8O.H2O.Ti/c3*1-3(2)4;;/h3*3-4H,1-2H3;1H2;. The van der Waals surface area contributed by atoms with Crippen molar-refractivity contribution in [2.45, 2.75) is 59.9 Å². The van der Waals surface area contributed by atoms with Gasteiger partial charge in [-0.3, -0.25) is 0 Å². The van der Waals surface area contributed by atoms with Crippen LogP contribution in [0.5, 0.6) is 0 Å². The van der Waals surface area contributed by atoms with Gasteiger partial charge in [0.2, 0.25) is 0 Å². The first-order chi connectivity index (χ1) is 5.20. The maximum atomic E-state index is 8.06. The molecule has 0 saturated heterocycles. The van der Waals surface area contributed by atoms with Gasteiger partial charge in [0.1, 0.15) is 0 Å². The average Bonchev–Trinajstić information content (AvgIpc) is 1.54. The van der Waals surface area contributed by atoms with Gasteiger partial charge in [-0.15, -0.1) is 0 Å². The zero-order valence-corrected chi connectivity index (χ0v) is 11.6. The molecule has 0 aromatic carbocycles. The van der Waals surface area contributed by atoms with Crippen molar-refractivity contribution in [2.75, 3.05) is 0 Å². The van der Waals surface area contributed by atoms with Crippen molar-refractivity contribution in [1.29, 1.82) is 0 Å². The molecule has 0 aliphatic carbocycles. The third kappa shape index (κ3) is 5460. The number of rotatable bonds is 0. The molecule has 4 nitrogen and oxygen atoms in total. The van der Waals surface area contributed by atoms with E-state index in [4.69, 9.17) is 15.3 Å². The number of aliphatic hydroxyl groups is 3. The molecule has 0 heterocycles.